The summed E-state index contributed by atoms with van der Waals surface area (Å²) in [6.45, 7) is 5.97. The molecule has 14 heavy (non-hydrogen) atoms. The zero-order chi connectivity index (χ0) is 10.2. The summed E-state index contributed by atoms with van der Waals surface area (Å²) in [6.07, 6.45) is 5.46. The summed E-state index contributed by atoms with van der Waals surface area (Å²) in [5.74, 6) is 0.925. The van der Waals surface area contributed by atoms with E-state index in [2.05, 4.69) is 13.5 Å². The summed E-state index contributed by atoms with van der Waals surface area (Å²) in [5, 5.41) is 0. The highest BCUT2D eigenvalue weighted by Gasteiger charge is 2.04. The monoisotopic (exact) mass is 190 g/mol. The lowest BCUT2D eigenvalue weighted by Crippen LogP contribution is -2.12. The summed E-state index contributed by atoms with van der Waals surface area (Å²) in [4.78, 5) is 0. The first-order valence-electron chi connectivity index (χ1n) is 5.21. The quantitative estimate of drug-likeness (QED) is 0.620. The molecule has 0 amide bonds. The molecule has 1 nitrogen and oxygen atoms in total. The van der Waals surface area contributed by atoms with Gasteiger partial charge in [0.05, 0.1) is 0 Å². The van der Waals surface area contributed by atoms with Crippen molar-refractivity contribution in [3.8, 4) is 5.75 Å². The molecule has 1 heteroatoms. The molecule has 0 saturated heterocycles. The van der Waals surface area contributed by atoms with Crippen LogP contribution in [0.4, 0.5) is 0 Å². The fourth-order valence-corrected chi connectivity index (χ4v) is 1.30. The molecule has 0 radical (unpaired) electrons. The Bertz CT molecular complexity index is 253. The van der Waals surface area contributed by atoms with Crippen LogP contribution in [0.2, 0.25) is 0 Å². The van der Waals surface area contributed by atoms with E-state index in [1.807, 2.05) is 36.4 Å². The highest BCUT2D eigenvalue weighted by atomic mass is 16.5. The number of hydrogen-bond donors (Lipinski definition) is 0. The number of ether oxygens (including phenoxy) is 1. The average Bonchev–Trinajstić information content (AvgIpc) is 2.25. The molecule has 0 N–H and O–H groups in total. The van der Waals surface area contributed by atoms with Gasteiger partial charge in [-0.15, -0.1) is 0 Å². The maximum Gasteiger partial charge on any atom is 0.120 e. The van der Waals surface area contributed by atoms with E-state index in [1.165, 1.54) is 12.8 Å². The van der Waals surface area contributed by atoms with Gasteiger partial charge in [0.1, 0.15) is 11.9 Å². The SMILES string of the molecule is C=CC(CCCC)Oc1ccccc1. The molecule has 0 aliphatic carbocycles. The van der Waals surface area contributed by atoms with Crippen LogP contribution in [0.25, 0.3) is 0 Å². The van der Waals surface area contributed by atoms with Gasteiger partial charge < -0.3 is 4.74 Å². The van der Waals surface area contributed by atoms with Crippen LogP contribution >= 0.6 is 0 Å². The Labute approximate surface area is 86.4 Å². The molecule has 0 aromatic heterocycles. The van der Waals surface area contributed by atoms with Crippen molar-refractivity contribution in [3.63, 3.8) is 0 Å². The summed E-state index contributed by atoms with van der Waals surface area (Å²) in [6, 6.07) is 9.90. The van der Waals surface area contributed by atoms with E-state index in [1.54, 1.807) is 0 Å². The van der Waals surface area contributed by atoms with Crippen molar-refractivity contribution in [1.82, 2.24) is 0 Å². The number of para-hydroxylation sites is 1. The van der Waals surface area contributed by atoms with Gasteiger partial charge in [-0.2, -0.15) is 0 Å². The number of rotatable bonds is 6. The van der Waals surface area contributed by atoms with Crippen molar-refractivity contribution in [2.75, 3.05) is 0 Å². The topological polar surface area (TPSA) is 9.23 Å². The molecule has 0 heterocycles. The van der Waals surface area contributed by atoms with Crippen molar-refractivity contribution in [2.24, 2.45) is 0 Å². The van der Waals surface area contributed by atoms with E-state index in [9.17, 15) is 0 Å². The molecular formula is C13H18O. The van der Waals surface area contributed by atoms with Gasteiger partial charge in [0.2, 0.25) is 0 Å². The number of hydrogen-bond acceptors (Lipinski definition) is 1. The maximum absolute atomic E-state index is 5.75. The summed E-state index contributed by atoms with van der Waals surface area (Å²) >= 11 is 0. The van der Waals surface area contributed by atoms with Crippen molar-refractivity contribution < 1.29 is 4.74 Å². The van der Waals surface area contributed by atoms with E-state index in [4.69, 9.17) is 4.74 Å². The Kier molecular flexibility index (Phi) is 4.84. The molecule has 1 atom stereocenters. The number of benzene rings is 1. The zero-order valence-electron chi connectivity index (χ0n) is 8.78. The lowest BCUT2D eigenvalue weighted by molar-refractivity contribution is 0.235. The molecule has 0 saturated carbocycles. The van der Waals surface area contributed by atoms with Gasteiger partial charge in [-0.05, 0) is 25.0 Å². The minimum Gasteiger partial charge on any atom is -0.486 e. The fourth-order valence-electron chi connectivity index (χ4n) is 1.30. The van der Waals surface area contributed by atoms with Crippen LogP contribution in [0.5, 0.6) is 5.75 Å². The summed E-state index contributed by atoms with van der Waals surface area (Å²) in [7, 11) is 0. The molecule has 0 aliphatic heterocycles. The predicted octanol–water partition coefficient (Wildman–Crippen LogP) is 3.81. The van der Waals surface area contributed by atoms with Gasteiger partial charge in [0, 0.05) is 0 Å². The van der Waals surface area contributed by atoms with E-state index >= 15 is 0 Å². The largest absolute Gasteiger partial charge is 0.486 e. The molecule has 0 spiro atoms. The maximum atomic E-state index is 5.75. The van der Waals surface area contributed by atoms with E-state index in [-0.39, 0.29) is 6.10 Å². The van der Waals surface area contributed by atoms with Crippen LogP contribution in [0.3, 0.4) is 0 Å². The Morgan fingerprint density at radius 2 is 2.07 bits per heavy atom. The molecule has 0 aliphatic rings. The normalized spacial score (nSPS) is 12.1. The third-order valence-electron chi connectivity index (χ3n) is 2.14. The smallest absolute Gasteiger partial charge is 0.120 e. The van der Waals surface area contributed by atoms with Crippen LogP contribution in [0, 0.1) is 0 Å². The second-order valence-corrected chi connectivity index (χ2v) is 3.35. The molecule has 1 rings (SSSR count). The van der Waals surface area contributed by atoms with Crippen molar-refractivity contribution in [1.29, 1.82) is 0 Å². The molecule has 0 bridgehead atoms. The van der Waals surface area contributed by atoms with Crippen LogP contribution in [-0.4, -0.2) is 6.10 Å². The first-order valence-corrected chi connectivity index (χ1v) is 5.21. The fraction of sp³-hybridized carbons (Fsp3) is 0.385. The molecular weight excluding hydrogens is 172 g/mol. The Hall–Kier alpha value is -1.24. The van der Waals surface area contributed by atoms with Crippen molar-refractivity contribution >= 4 is 0 Å². The second-order valence-electron chi connectivity index (χ2n) is 3.35. The van der Waals surface area contributed by atoms with E-state index in [0.717, 1.165) is 12.2 Å². The van der Waals surface area contributed by atoms with Gasteiger partial charge >= 0.3 is 0 Å². The van der Waals surface area contributed by atoms with Gasteiger partial charge in [-0.3, -0.25) is 0 Å². The molecule has 1 unspecified atom stereocenters. The van der Waals surface area contributed by atoms with Gasteiger partial charge in [0.25, 0.3) is 0 Å². The molecule has 0 fully saturated rings. The highest BCUT2D eigenvalue weighted by Crippen LogP contribution is 2.14. The number of unbranched alkanes of at least 4 members (excludes halogenated alkanes) is 1. The first-order chi connectivity index (χ1) is 6.86. The minimum atomic E-state index is 0.150. The zero-order valence-corrected chi connectivity index (χ0v) is 8.78. The molecule has 1 aromatic carbocycles. The Morgan fingerprint density at radius 1 is 1.36 bits per heavy atom. The lowest BCUT2D eigenvalue weighted by Gasteiger charge is -2.14. The third kappa shape index (κ3) is 3.65. The predicted molar refractivity (Wildman–Crippen MR) is 60.6 cm³/mol. The van der Waals surface area contributed by atoms with Crippen molar-refractivity contribution in [3.05, 3.63) is 43.0 Å². The standard InChI is InChI=1S/C13H18O/c1-3-5-9-12(4-2)14-13-10-7-6-8-11-13/h4,6-8,10-12H,2-3,5,9H2,1H3. The summed E-state index contributed by atoms with van der Waals surface area (Å²) < 4.78 is 5.75. The van der Waals surface area contributed by atoms with Crippen LogP contribution < -0.4 is 4.74 Å². The van der Waals surface area contributed by atoms with Crippen molar-refractivity contribution in [2.45, 2.75) is 32.3 Å². The average molecular weight is 190 g/mol. The minimum absolute atomic E-state index is 0.150. The Balaban J connectivity index is 2.44. The van der Waals surface area contributed by atoms with Crippen LogP contribution in [0.1, 0.15) is 26.2 Å². The summed E-state index contributed by atoms with van der Waals surface area (Å²) in [5.41, 5.74) is 0. The van der Waals surface area contributed by atoms with Crippen LogP contribution in [-0.2, 0) is 0 Å². The molecule has 1 aromatic rings. The van der Waals surface area contributed by atoms with Gasteiger partial charge in [-0.1, -0.05) is 44.2 Å². The Morgan fingerprint density at radius 3 is 2.64 bits per heavy atom. The molecule has 76 valence electrons. The highest BCUT2D eigenvalue weighted by molar-refractivity contribution is 5.21. The lowest BCUT2D eigenvalue weighted by atomic mass is 10.1. The van der Waals surface area contributed by atoms with Gasteiger partial charge in [-0.25, -0.2) is 0 Å². The van der Waals surface area contributed by atoms with Gasteiger partial charge in [0.15, 0.2) is 0 Å². The first kappa shape index (κ1) is 10.8. The van der Waals surface area contributed by atoms with E-state index in [0.29, 0.717) is 0 Å². The third-order valence-corrected chi connectivity index (χ3v) is 2.14. The second kappa shape index (κ2) is 6.25. The van der Waals surface area contributed by atoms with E-state index < -0.39 is 0 Å². The van der Waals surface area contributed by atoms with Crippen LogP contribution in [0.15, 0.2) is 43.0 Å².